The largest absolute Gasteiger partial charge is 0.300 e. The molecule has 0 aliphatic heterocycles. The quantitative estimate of drug-likeness (QED) is 0.276. The van der Waals surface area contributed by atoms with Crippen molar-refractivity contribution in [3.63, 3.8) is 0 Å². The van der Waals surface area contributed by atoms with Gasteiger partial charge in [0.15, 0.2) is 0 Å². The maximum Gasteiger partial charge on any atom is 0.238 e. The standard InChI is InChI=1S/C9H14N2O2/c1-6(12)7-4-2-3-5-8(7)9(13)11-10/h2-3,7-8H,4-5,10H2,1H3,(H,11,13). The predicted molar refractivity (Wildman–Crippen MR) is 48.4 cm³/mol. The molecule has 0 aromatic carbocycles. The summed E-state index contributed by atoms with van der Waals surface area (Å²) < 4.78 is 0. The lowest BCUT2D eigenvalue weighted by Gasteiger charge is -2.24. The van der Waals surface area contributed by atoms with Crippen LogP contribution in [0.1, 0.15) is 19.8 Å². The third-order valence-electron chi connectivity index (χ3n) is 2.43. The Hall–Kier alpha value is -1.16. The van der Waals surface area contributed by atoms with E-state index in [2.05, 4.69) is 5.43 Å². The lowest BCUT2D eigenvalue weighted by atomic mass is 9.80. The van der Waals surface area contributed by atoms with Crippen LogP contribution < -0.4 is 11.3 Å². The molecule has 1 aliphatic carbocycles. The van der Waals surface area contributed by atoms with Gasteiger partial charge in [0.1, 0.15) is 5.78 Å². The topological polar surface area (TPSA) is 72.2 Å². The van der Waals surface area contributed by atoms with Crippen molar-refractivity contribution in [2.24, 2.45) is 17.7 Å². The minimum Gasteiger partial charge on any atom is -0.300 e. The first kappa shape index (κ1) is 9.92. The number of hydrogen-bond donors (Lipinski definition) is 2. The van der Waals surface area contributed by atoms with Crippen LogP contribution >= 0.6 is 0 Å². The molecule has 13 heavy (non-hydrogen) atoms. The van der Waals surface area contributed by atoms with Crippen LogP contribution in [0, 0.1) is 11.8 Å². The van der Waals surface area contributed by atoms with E-state index in [9.17, 15) is 9.59 Å². The molecule has 3 N–H and O–H groups in total. The van der Waals surface area contributed by atoms with Gasteiger partial charge in [-0.2, -0.15) is 0 Å². The summed E-state index contributed by atoms with van der Waals surface area (Å²) in [5.74, 6) is 4.35. The number of allylic oxidation sites excluding steroid dienone is 2. The molecule has 0 aromatic heterocycles. The van der Waals surface area contributed by atoms with Crippen LogP contribution in [0.4, 0.5) is 0 Å². The van der Waals surface area contributed by atoms with Crippen molar-refractivity contribution >= 4 is 11.7 Å². The number of nitrogens with one attached hydrogen (secondary N) is 1. The molecular weight excluding hydrogens is 168 g/mol. The number of ketones is 1. The number of nitrogens with two attached hydrogens (primary N) is 1. The van der Waals surface area contributed by atoms with E-state index in [4.69, 9.17) is 5.84 Å². The zero-order valence-corrected chi connectivity index (χ0v) is 7.62. The monoisotopic (exact) mass is 182 g/mol. The number of rotatable bonds is 2. The van der Waals surface area contributed by atoms with Crippen LogP contribution in [-0.2, 0) is 9.59 Å². The number of carbonyl (C=O) groups is 2. The molecule has 0 aromatic rings. The number of amides is 1. The summed E-state index contributed by atoms with van der Waals surface area (Å²) in [7, 11) is 0. The normalized spacial score (nSPS) is 26.9. The zero-order chi connectivity index (χ0) is 9.84. The van der Waals surface area contributed by atoms with Gasteiger partial charge >= 0.3 is 0 Å². The molecule has 0 radical (unpaired) electrons. The van der Waals surface area contributed by atoms with Crippen LogP contribution in [0.2, 0.25) is 0 Å². The van der Waals surface area contributed by atoms with Gasteiger partial charge in [0.05, 0.1) is 5.92 Å². The van der Waals surface area contributed by atoms with Crippen LogP contribution in [-0.4, -0.2) is 11.7 Å². The minimum atomic E-state index is -0.285. The molecule has 0 heterocycles. The van der Waals surface area contributed by atoms with E-state index < -0.39 is 0 Å². The second kappa shape index (κ2) is 4.18. The second-order valence-electron chi connectivity index (χ2n) is 3.28. The smallest absolute Gasteiger partial charge is 0.238 e. The summed E-state index contributed by atoms with van der Waals surface area (Å²) in [5.41, 5.74) is 2.09. The van der Waals surface area contributed by atoms with Gasteiger partial charge in [0.25, 0.3) is 0 Å². The molecule has 0 saturated carbocycles. The lowest BCUT2D eigenvalue weighted by molar-refractivity contribution is -0.132. The van der Waals surface area contributed by atoms with Gasteiger partial charge < -0.3 is 0 Å². The van der Waals surface area contributed by atoms with E-state index in [1.165, 1.54) is 6.92 Å². The molecule has 1 rings (SSSR count). The van der Waals surface area contributed by atoms with Gasteiger partial charge in [-0.1, -0.05) is 12.2 Å². The fraction of sp³-hybridized carbons (Fsp3) is 0.556. The van der Waals surface area contributed by atoms with Crippen molar-refractivity contribution in [3.8, 4) is 0 Å². The summed E-state index contributed by atoms with van der Waals surface area (Å²) in [6, 6.07) is 0. The van der Waals surface area contributed by atoms with E-state index in [-0.39, 0.29) is 23.5 Å². The third-order valence-corrected chi connectivity index (χ3v) is 2.43. The first-order chi connectivity index (χ1) is 6.16. The Labute approximate surface area is 77.1 Å². The number of Topliss-reactive ketones (excluding diaryl/α,β-unsaturated/α-hetero) is 1. The van der Waals surface area contributed by atoms with E-state index in [0.717, 1.165) is 0 Å². The number of hydrogen-bond acceptors (Lipinski definition) is 3. The van der Waals surface area contributed by atoms with Gasteiger partial charge in [-0.25, -0.2) is 5.84 Å². The summed E-state index contributed by atoms with van der Waals surface area (Å²) in [4.78, 5) is 22.4. The molecule has 0 bridgehead atoms. The molecule has 4 heteroatoms. The summed E-state index contributed by atoms with van der Waals surface area (Å²) >= 11 is 0. The minimum absolute atomic E-state index is 0.0537. The molecule has 72 valence electrons. The molecular formula is C9H14N2O2. The summed E-state index contributed by atoms with van der Waals surface area (Å²) in [6.07, 6.45) is 5.10. The molecule has 0 fully saturated rings. The Kier molecular flexibility index (Phi) is 3.19. The van der Waals surface area contributed by atoms with Gasteiger partial charge in [-0.15, -0.1) is 0 Å². The van der Waals surface area contributed by atoms with Gasteiger partial charge in [0, 0.05) is 5.92 Å². The Balaban J connectivity index is 2.75. The summed E-state index contributed by atoms with van der Waals surface area (Å²) in [5, 5.41) is 0. The van der Waals surface area contributed by atoms with Crippen molar-refractivity contribution in [2.45, 2.75) is 19.8 Å². The summed E-state index contributed by atoms with van der Waals surface area (Å²) in [6.45, 7) is 1.51. The van der Waals surface area contributed by atoms with E-state index >= 15 is 0 Å². The van der Waals surface area contributed by atoms with Gasteiger partial charge in [-0.3, -0.25) is 15.0 Å². The molecule has 1 aliphatic rings. The Bertz CT molecular complexity index is 248. The van der Waals surface area contributed by atoms with Crippen molar-refractivity contribution < 1.29 is 9.59 Å². The van der Waals surface area contributed by atoms with Crippen LogP contribution in [0.15, 0.2) is 12.2 Å². The number of hydrazine groups is 1. The van der Waals surface area contributed by atoms with E-state index in [1.807, 2.05) is 12.2 Å². The number of carbonyl (C=O) groups excluding carboxylic acids is 2. The maximum absolute atomic E-state index is 11.3. The average molecular weight is 182 g/mol. The van der Waals surface area contributed by atoms with Crippen molar-refractivity contribution in [1.29, 1.82) is 0 Å². The Morgan fingerprint density at radius 3 is 2.31 bits per heavy atom. The first-order valence-corrected chi connectivity index (χ1v) is 4.32. The molecule has 0 spiro atoms. The molecule has 0 saturated heterocycles. The third kappa shape index (κ3) is 2.15. The van der Waals surface area contributed by atoms with Crippen molar-refractivity contribution in [2.75, 3.05) is 0 Å². The fourth-order valence-electron chi connectivity index (χ4n) is 1.66. The van der Waals surface area contributed by atoms with Gasteiger partial charge in [0.2, 0.25) is 5.91 Å². The molecule has 2 atom stereocenters. The van der Waals surface area contributed by atoms with Crippen LogP contribution in [0.25, 0.3) is 0 Å². The average Bonchev–Trinajstić information content (AvgIpc) is 2.16. The molecule has 4 nitrogen and oxygen atoms in total. The van der Waals surface area contributed by atoms with Crippen molar-refractivity contribution in [1.82, 2.24) is 5.43 Å². The first-order valence-electron chi connectivity index (χ1n) is 4.32. The second-order valence-corrected chi connectivity index (χ2v) is 3.28. The highest BCUT2D eigenvalue weighted by Gasteiger charge is 2.31. The highest BCUT2D eigenvalue weighted by molar-refractivity contribution is 5.87. The molecule has 2 unspecified atom stereocenters. The highest BCUT2D eigenvalue weighted by atomic mass is 16.2. The fourth-order valence-corrected chi connectivity index (χ4v) is 1.66. The van der Waals surface area contributed by atoms with E-state index in [1.54, 1.807) is 0 Å². The lowest BCUT2D eigenvalue weighted by Crippen LogP contribution is -2.41. The maximum atomic E-state index is 11.3. The van der Waals surface area contributed by atoms with Crippen LogP contribution in [0.3, 0.4) is 0 Å². The van der Waals surface area contributed by atoms with Gasteiger partial charge in [-0.05, 0) is 19.8 Å². The SMILES string of the molecule is CC(=O)C1CC=CCC1C(=O)NN. The predicted octanol–water partition coefficient (Wildman–Crippen LogP) is 0.148. The Morgan fingerprint density at radius 2 is 1.85 bits per heavy atom. The van der Waals surface area contributed by atoms with Crippen LogP contribution in [0.5, 0.6) is 0 Å². The zero-order valence-electron chi connectivity index (χ0n) is 7.62. The van der Waals surface area contributed by atoms with E-state index in [0.29, 0.717) is 12.8 Å². The van der Waals surface area contributed by atoms with Crippen molar-refractivity contribution in [3.05, 3.63) is 12.2 Å². The Morgan fingerprint density at radius 1 is 1.31 bits per heavy atom. The highest BCUT2D eigenvalue weighted by Crippen LogP contribution is 2.26. The molecule has 1 amide bonds.